The average molecular weight is 365 g/mol. The first-order chi connectivity index (χ1) is 12.1. The molecule has 1 atom stereocenters. The molecule has 1 aliphatic heterocycles. The predicted octanol–water partition coefficient (Wildman–Crippen LogP) is 2.93. The molecule has 25 heavy (non-hydrogen) atoms. The number of carbonyl (C=O) groups is 1. The van der Waals surface area contributed by atoms with Crippen molar-refractivity contribution in [2.75, 3.05) is 13.1 Å². The van der Waals surface area contributed by atoms with Crippen LogP contribution in [0.25, 0.3) is 0 Å². The van der Waals surface area contributed by atoms with Crippen LogP contribution in [0.1, 0.15) is 51.4 Å². The van der Waals surface area contributed by atoms with Crippen LogP contribution in [0.3, 0.4) is 0 Å². The van der Waals surface area contributed by atoms with Crippen LogP contribution in [0.4, 0.5) is 0 Å². The van der Waals surface area contributed by atoms with E-state index in [9.17, 15) is 13.2 Å². The minimum absolute atomic E-state index is 0.0276. The monoisotopic (exact) mass is 364 g/mol. The maximum absolute atomic E-state index is 12.8. The Hall–Kier alpha value is -1.40. The van der Waals surface area contributed by atoms with Crippen molar-refractivity contribution < 1.29 is 13.2 Å². The summed E-state index contributed by atoms with van der Waals surface area (Å²) in [6.45, 7) is 0.778. The maximum atomic E-state index is 12.8. The summed E-state index contributed by atoms with van der Waals surface area (Å²) in [5.74, 6) is -0.213. The van der Waals surface area contributed by atoms with Crippen LogP contribution in [0.5, 0.6) is 0 Å². The van der Waals surface area contributed by atoms with Crippen molar-refractivity contribution in [2.24, 2.45) is 5.92 Å². The Labute approximate surface area is 150 Å². The SMILES string of the molecule is O=C(NC1CCCCCC1)C1CCCN(S(=O)(=O)c2ccccc2)C1. The van der Waals surface area contributed by atoms with Gasteiger partial charge in [-0.25, -0.2) is 8.42 Å². The predicted molar refractivity (Wildman–Crippen MR) is 97.6 cm³/mol. The van der Waals surface area contributed by atoms with E-state index in [1.807, 2.05) is 0 Å². The number of nitrogens with one attached hydrogen (secondary N) is 1. The fourth-order valence-electron chi connectivity index (χ4n) is 3.86. The molecule has 1 N–H and O–H groups in total. The third-order valence-corrected chi connectivity index (χ3v) is 7.22. The lowest BCUT2D eigenvalue weighted by atomic mass is 9.97. The molecule has 1 unspecified atom stereocenters. The molecule has 1 aromatic carbocycles. The first kappa shape index (κ1) is 18.4. The molecule has 2 aliphatic rings. The summed E-state index contributed by atoms with van der Waals surface area (Å²) >= 11 is 0. The quantitative estimate of drug-likeness (QED) is 0.836. The van der Waals surface area contributed by atoms with Crippen LogP contribution in [-0.2, 0) is 14.8 Å². The van der Waals surface area contributed by atoms with E-state index >= 15 is 0 Å². The van der Waals surface area contributed by atoms with Crippen molar-refractivity contribution in [1.29, 1.82) is 0 Å². The van der Waals surface area contributed by atoms with Crippen molar-refractivity contribution in [3.05, 3.63) is 30.3 Å². The van der Waals surface area contributed by atoms with E-state index in [1.54, 1.807) is 30.3 Å². The highest BCUT2D eigenvalue weighted by Crippen LogP contribution is 2.24. The van der Waals surface area contributed by atoms with Gasteiger partial charge in [0.15, 0.2) is 0 Å². The Balaban J connectivity index is 1.63. The number of amides is 1. The smallest absolute Gasteiger partial charge is 0.243 e. The molecule has 5 nitrogen and oxygen atoms in total. The summed E-state index contributed by atoms with van der Waals surface area (Å²) in [7, 11) is -3.51. The summed E-state index contributed by atoms with van der Waals surface area (Å²) in [5.41, 5.74) is 0. The fraction of sp³-hybridized carbons (Fsp3) is 0.632. The molecule has 0 spiro atoms. The minimum Gasteiger partial charge on any atom is -0.353 e. The number of piperidine rings is 1. The van der Waals surface area contributed by atoms with Gasteiger partial charge in [0.2, 0.25) is 15.9 Å². The standard InChI is InChI=1S/C19H28N2O3S/c22-19(20-17-10-4-1-2-5-11-17)16-9-8-14-21(15-16)25(23,24)18-12-6-3-7-13-18/h3,6-7,12-13,16-17H,1-2,4-5,8-11,14-15H2,(H,20,22). The average Bonchev–Trinajstić information content (AvgIpc) is 2.91. The lowest BCUT2D eigenvalue weighted by Gasteiger charge is -2.32. The van der Waals surface area contributed by atoms with Gasteiger partial charge in [0.05, 0.1) is 10.8 Å². The van der Waals surface area contributed by atoms with Gasteiger partial charge in [0.25, 0.3) is 0 Å². The summed E-state index contributed by atoms with van der Waals surface area (Å²) in [6, 6.07) is 8.75. The lowest BCUT2D eigenvalue weighted by Crippen LogP contribution is -2.47. The van der Waals surface area contributed by atoms with Crippen LogP contribution in [0.15, 0.2) is 35.2 Å². The molecule has 0 bridgehead atoms. The van der Waals surface area contributed by atoms with E-state index in [0.29, 0.717) is 11.4 Å². The summed E-state index contributed by atoms with van der Waals surface area (Å²) in [6.07, 6.45) is 8.43. The highest BCUT2D eigenvalue weighted by molar-refractivity contribution is 7.89. The van der Waals surface area contributed by atoms with E-state index in [1.165, 1.54) is 30.0 Å². The van der Waals surface area contributed by atoms with Crippen LogP contribution in [-0.4, -0.2) is 37.8 Å². The number of nitrogens with zero attached hydrogens (tertiary/aromatic N) is 1. The molecule has 1 saturated carbocycles. The second-order valence-electron chi connectivity index (χ2n) is 7.21. The van der Waals surface area contributed by atoms with Crippen LogP contribution in [0, 0.1) is 5.92 Å². The zero-order valence-corrected chi connectivity index (χ0v) is 15.5. The Morgan fingerprint density at radius 3 is 2.32 bits per heavy atom. The summed E-state index contributed by atoms with van der Waals surface area (Å²) in [4.78, 5) is 13.0. The van der Waals surface area contributed by atoms with Crippen LogP contribution < -0.4 is 5.32 Å². The maximum Gasteiger partial charge on any atom is 0.243 e. The van der Waals surface area contributed by atoms with Crippen molar-refractivity contribution in [1.82, 2.24) is 9.62 Å². The summed E-state index contributed by atoms with van der Waals surface area (Å²) < 4.78 is 27.0. The fourth-order valence-corrected chi connectivity index (χ4v) is 5.40. The highest BCUT2D eigenvalue weighted by Gasteiger charge is 2.33. The molecule has 2 fully saturated rings. The van der Waals surface area contributed by atoms with Gasteiger partial charge in [-0.3, -0.25) is 4.79 Å². The van der Waals surface area contributed by atoms with Gasteiger partial charge in [0.1, 0.15) is 0 Å². The molecule has 138 valence electrons. The molecule has 1 aromatic rings. The van der Waals surface area contributed by atoms with Gasteiger partial charge in [0, 0.05) is 19.1 Å². The number of hydrogen-bond donors (Lipinski definition) is 1. The molecule has 6 heteroatoms. The molecule has 0 aromatic heterocycles. The molecular weight excluding hydrogens is 336 g/mol. The molecule has 1 aliphatic carbocycles. The van der Waals surface area contributed by atoms with Crippen molar-refractivity contribution in [3.8, 4) is 0 Å². The first-order valence-electron chi connectivity index (χ1n) is 9.43. The van der Waals surface area contributed by atoms with Gasteiger partial charge in [-0.15, -0.1) is 0 Å². The van der Waals surface area contributed by atoms with E-state index < -0.39 is 10.0 Å². The molecular formula is C19H28N2O3S. The van der Waals surface area contributed by atoms with Crippen molar-refractivity contribution >= 4 is 15.9 Å². The normalized spacial score (nSPS) is 23.8. The van der Waals surface area contributed by atoms with Gasteiger partial charge in [-0.1, -0.05) is 43.9 Å². The van der Waals surface area contributed by atoms with Crippen molar-refractivity contribution in [3.63, 3.8) is 0 Å². The molecule has 1 amide bonds. The third-order valence-electron chi connectivity index (χ3n) is 5.34. The number of hydrogen-bond acceptors (Lipinski definition) is 3. The third kappa shape index (κ3) is 4.61. The molecule has 3 rings (SSSR count). The molecule has 1 heterocycles. The highest BCUT2D eigenvalue weighted by atomic mass is 32.2. The molecule has 1 saturated heterocycles. The number of rotatable bonds is 4. The zero-order chi connectivity index (χ0) is 17.7. The Kier molecular flexibility index (Phi) is 6.12. The second-order valence-corrected chi connectivity index (χ2v) is 9.15. The summed E-state index contributed by atoms with van der Waals surface area (Å²) in [5, 5.41) is 3.18. The van der Waals surface area contributed by atoms with E-state index in [0.717, 1.165) is 25.7 Å². The number of carbonyl (C=O) groups excluding carboxylic acids is 1. The van der Waals surface area contributed by atoms with E-state index in [2.05, 4.69) is 5.32 Å². The Morgan fingerprint density at radius 2 is 1.64 bits per heavy atom. The van der Waals surface area contributed by atoms with Crippen molar-refractivity contribution in [2.45, 2.75) is 62.3 Å². The minimum atomic E-state index is -3.51. The second kappa shape index (κ2) is 8.32. The largest absolute Gasteiger partial charge is 0.353 e. The van der Waals surface area contributed by atoms with Gasteiger partial charge in [-0.2, -0.15) is 4.31 Å². The van der Waals surface area contributed by atoms with Gasteiger partial charge in [-0.05, 0) is 37.8 Å². The van der Waals surface area contributed by atoms with E-state index in [-0.39, 0.29) is 24.4 Å². The van der Waals surface area contributed by atoms with Crippen LogP contribution >= 0.6 is 0 Å². The number of benzene rings is 1. The zero-order valence-electron chi connectivity index (χ0n) is 14.7. The van der Waals surface area contributed by atoms with Crippen LogP contribution in [0.2, 0.25) is 0 Å². The number of sulfonamides is 1. The topological polar surface area (TPSA) is 66.5 Å². The Bertz CT molecular complexity index is 667. The first-order valence-corrected chi connectivity index (χ1v) is 10.9. The Morgan fingerprint density at radius 1 is 0.960 bits per heavy atom. The van der Waals surface area contributed by atoms with Gasteiger partial charge >= 0.3 is 0 Å². The van der Waals surface area contributed by atoms with E-state index in [4.69, 9.17) is 0 Å². The lowest BCUT2D eigenvalue weighted by molar-refractivity contribution is -0.126. The van der Waals surface area contributed by atoms with Gasteiger partial charge < -0.3 is 5.32 Å². The molecule has 0 radical (unpaired) electrons.